The number of nitrogens with zero attached hydrogens (tertiary/aromatic N) is 3. The molecule has 0 radical (unpaired) electrons. The molecule has 3 aromatic heterocycles. The average Bonchev–Trinajstić information content (AvgIpc) is 3.90. The summed E-state index contributed by atoms with van der Waals surface area (Å²) in [7, 11) is 0. The Balaban J connectivity index is 0.00000925. The second kappa shape index (κ2) is 15.2. The minimum atomic E-state index is -8.73. The van der Waals surface area contributed by atoms with Crippen molar-refractivity contribution in [2.24, 2.45) is 0 Å². The molecule has 0 amide bonds. The van der Waals surface area contributed by atoms with Gasteiger partial charge in [0, 0.05) is 31.5 Å². The summed E-state index contributed by atoms with van der Waals surface area (Å²) < 4.78 is 410. The van der Waals surface area contributed by atoms with Crippen molar-refractivity contribution in [3.8, 4) is 0 Å². The summed E-state index contributed by atoms with van der Waals surface area (Å²) in [5, 5.41) is 0. The molecule has 2 aliphatic rings. The molecule has 0 aromatic carbocycles. The molecule has 5 rings (SSSR count). The molecule has 65 heavy (non-hydrogen) atoms. The van der Waals surface area contributed by atoms with Crippen LogP contribution < -0.4 is 0 Å². The first kappa shape index (κ1) is 52.9. The van der Waals surface area contributed by atoms with Crippen LogP contribution in [0.2, 0.25) is 0 Å². The van der Waals surface area contributed by atoms with Crippen LogP contribution in [-0.2, 0) is 44.2 Å². The quantitative estimate of drug-likeness (QED) is 0.124. The fraction of sp³-hybridized carbons (Fsp3) is 0.375. The van der Waals surface area contributed by atoms with E-state index in [9.17, 15) is 87.8 Å². The zero-order valence-corrected chi connectivity index (χ0v) is 31.0. The molecule has 5 heterocycles. The molecule has 8 bridgehead atoms. The van der Waals surface area contributed by atoms with Crippen molar-refractivity contribution in [1.29, 1.82) is 0 Å². The van der Waals surface area contributed by atoms with Crippen LogP contribution in [0, 0.1) is 0 Å². The van der Waals surface area contributed by atoms with Gasteiger partial charge in [-0.1, -0.05) is 0 Å². The van der Waals surface area contributed by atoms with Gasteiger partial charge in [0.2, 0.25) is 0 Å². The molecule has 0 saturated carbocycles. The second-order valence-corrected chi connectivity index (χ2v) is 13.1. The molecule has 364 valence electrons. The number of alkyl halides is 28. The molecule has 2 aliphatic heterocycles. The third-order valence-electron chi connectivity index (χ3n) is 8.88. The molecule has 1 N–H and O–H groups in total. The molecular weight excluding hydrogens is 1080 g/mol. The van der Waals surface area contributed by atoms with Crippen LogP contribution in [-0.4, -0.2) is 67.9 Å². The summed E-state index contributed by atoms with van der Waals surface area (Å²) in [5.74, 6) is -59.5. The van der Waals surface area contributed by atoms with Gasteiger partial charge in [0.05, 0.1) is 50.5 Å². The van der Waals surface area contributed by atoms with Crippen molar-refractivity contribution in [3.63, 3.8) is 0 Å². The molecule has 4 nitrogen and oxygen atoms in total. The van der Waals surface area contributed by atoms with E-state index in [1.54, 1.807) is 0 Å². The predicted molar refractivity (Wildman–Crippen MR) is 158 cm³/mol. The number of hydrogen-bond donors (Lipinski definition) is 1. The number of nitrogens with one attached hydrogen (secondary N) is 1. The molecule has 0 unspecified atom stereocenters. The Morgan fingerprint density at radius 2 is 0.723 bits per heavy atom. The Morgan fingerprint density at radius 1 is 0.385 bits per heavy atom. The average molecular weight is 1090 g/mol. The van der Waals surface area contributed by atoms with Gasteiger partial charge in [0.1, 0.15) is 0 Å². The van der Waals surface area contributed by atoms with Crippen molar-refractivity contribution < 1.29 is 143 Å². The zero-order chi connectivity index (χ0) is 49.4. The third-order valence-corrected chi connectivity index (χ3v) is 8.88. The number of rotatable bonds is 8. The number of halogens is 28. The maximum absolute atomic E-state index is 16.2. The predicted octanol–water partition coefficient (Wildman–Crippen LogP) is 13.7. The van der Waals surface area contributed by atoms with Gasteiger partial charge in [0.15, 0.2) is 0 Å². The Bertz CT molecular complexity index is 2580. The third kappa shape index (κ3) is 7.77. The van der Waals surface area contributed by atoms with Gasteiger partial charge in [-0.3, -0.25) is 4.57 Å². The smallest absolute Gasteiger partial charge is 0.355 e. The zero-order valence-electron chi connectivity index (χ0n) is 29.4. The Morgan fingerprint density at radius 3 is 1.12 bits per heavy atom. The number of fused-ring (bicyclic) bond motifs is 8. The molecule has 3 aromatic rings. The molecule has 0 spiro atoms. The minimum Gasteiger partial charge on any atom is -0.355 e. The molecule has 0 fully saturated rings. The number of H-pyrrole nitrogens is 1. The first-order chi connectivity index (χ1) is 28.3. The van der Waals surface area contributed by atoms with Crippen LogP contribution in [0.1, 0.15) is 39.5 Å². The number of aromatic nitrogens is 4. The maximum Gasteiger partial charge on any atom is 0.462 e. The van der Waals surface area contributed by atoms with E-state index in [2.05, 4.69) is 15.0 Å². The van der Waals surface area contributed by atoms with Gasteiger partial charge >= 0.3 is 72.2 Å². The van der Waals surface area contributed by atoms with Gasteiger partial charge < -0.3 is 4.98 Å². The van der Waals surface area contributed by atoms with Crippen molar-refractivity contribution in [2.75, 3.05) is 0 Å². The van der Waals surface area contributed by atoms with Crippen molar-refractivity contribution >= 4 is 46.4 Å². The summed E-state index contributed by atoms with van der Waals surface area (Å²) in [6, 6.07) is -6.92. The summed E-state index contributed by atoms with van der Waals surface area (Å²) in [4.78, 5) is 8.30. The summed E-state index contributed by atoms with van der Waals surface area (Å²) >= 11 is 0. The largest absolute Gasteiger partial charge is 0.462 e. The molecule has 33 heteroatoms. The standard InChI is InChI=1S/C32H10F28N4.Pd/c33-21(34,24(39,40)28(47,48)49)17-15-6-5-13(63-15)8-12-2-1-10(61-12)7-11-3-4-14(62-11)9-16-18(22(35,36)25(41,42)29(50,51)52)19(23(37,38)26(43,44)30(53,54)55)20(17)64(16)32(59,60)27(45,46)31(56,57)58;/h1-9,61H;. The number of aromatic amines is 1. The Labute approximate surface area is 351 Å². The van der Waals surface area contributed by atoms with Crippen LogP contribution in [0.4, 0.5) is 123 Å². The van der Waals surface area contributed by atoms with E-state index < -0.39 is 145 Å². The van der Waals surface area contributed by atoms with E-state index in [0.29, 0.717) is 18.2 Å². The topological polar surface area (TPSA) is 46.5 Å². The van der Waals surface area contributed by atoms with Crippen molar-refractivity contribution in [1.82, 2.24) is 19.5 Å². The van der Waals surface area contributed by atoms with E-state index in [4.69, 9.17) is 0 Å². The van der Waals surface area contributed by atoms with Crippen molar-refractivity contribution in [2.45, 2.75) is 72.2 Å². The SMILES string of the molecule is FC(F)(F)C(F)(F)C(F)(F)c1c(C(F)(F)C(F)(F)C(F)(F)F)c2c(C(F)(F)C(F)(F)C(F)(F)F)c3nc(cc4ccc(cc5nc(cc1n2C(F)(F)C(F)(F)C(F)(F)F)C=C5)[nH]4)C=C3.[Pd]. The first-order valence-electron chi connectivity index (χ1n) is 15.8. The van der Waals surface area contributed by atoms with Crippen LogP contribution in [0.5, 0.6) is 0 Å². The molecule has 0 atom stereocenters. The number of hydrogen-bond acceptors (Lipinski definition) is 2. The maximum atomic E-state index is 16.2. The van der Waals surface area contributed by atoms with E-state index in [1.807, 2.05) is 0 Å². The Kier molecular flexibility index (Phi) is 12.3. The van der Waals surface area contributed by atoms with E-state index in [0.717, 1.165) is 12.1 Å². The van der Waals surface area contributed by atoms with E-state index in [1.165, 1.54) is 0 Å². The van der Waals surface area contributed by atoms with Crippen LogP contribution in [0.3, 0.4) is 0 Å². The summed E-state index contributed by atoms with van der Waals surface area (Å²) in [6.07, 6.45) is -33.2. The van der Waals surface area contributed by atoms with Gasteiger partial charge in [-0.15, -0.1) is 0 Å². The van der Waals surface area contributed by atoms with E-state index in [-0.39, 0.29) is 38.1 Å². The first-order valence-corrected chi connectivity index (χ1v) is 15.8. The van der Waals surface area contributed by atoms with Crippen LogP contribution in [0.25, 0.3) is 46.4 Å². The fourth-order valence-corrected chi connectivity index (χ4v) is 5.84. The molecular formula is C32H10F28N4Pd. The fourth-order valence-electron chi connectivity index (χ4n) is 5.84. The Hall–Kier alpha value is -4.70. The molecule has 0 aliphatic carbocycles. The normalized spacial score (nSPS) is 15.4. The molecule has 0 saturated heterocycles. The summed E-state index contributed by atoms with van der Waals surface area (Å²) in [5.41, 5.74) is -32.5. The minimum absolute atomic E-state index is 0. The van der Waals surface area contributed by atoms with Gasteiger partial charge in [-0.2, -0.15) is 123 Å². The van der Waals surface area contributed by atoms with E-state index >= 15 is 35.1 Å². The summed E-state index contributed by atoms with van der Waals surface area (Å²) in [6.45, 7) is 0. The van der Waals surface area contributed by atoms with Gasteiger partial charge in [-0.25, -0.2) is 9.97 Å². The van der Waals surface area contributed by atoms with Crippen LogP contribution >= 0.6 is 0 Å². The van der Waals surface area contributed by atoms with Gasteiger partial charge in [0.25, 0.3) is 0 Å². The van der Waals surface area contributed by atoms with Crippen molar-refractivity contribution in [3.05, 3.63) is 69.8 Å². The monoisotopic (exact) mass is 1090 g/mol. The second-order valence-electron chi connectivity index (χ2n) is 13.1. The van der Waals surface area contributed by atoms with Gasteiger partial charge in [-0.05, 0) is 54.6 Å². The van der Waals surface area contributed by atoms with Crippen LogP contribution in [0.15, 0.2) is 30.3 Å².